The molecule has 154 valence electrons. The van der Waals surface area contributed by atoms with E-state index in [2.05, 4.69) is 10.1 Å². The van der Waals surface area contributed by atoms with Crippen molar-refractivity contribution >= 4 is 51.0 Å². The van der Waals surface area contributed by atoms with Crippen LogP contribution in [-0.2, 0) is 11.3 Å². The monoisotopic (exact) mass is 432 g/mol. The first-order valence-corrected chi connectivity index (χ1v) is 9.99. The van der Waals surface area contributed by atoms with E-state index in [4.69, 9.17) is 26.3 Å². The van der Waals surface area contributed by atoms with Gasteiger partial charge in [-0.15, -0.1) is 0 Å². The molecule has 0 aliphatic carbocycles. The van der Waals surface area contributed by atoms with Crippen LogP contribution >= 0.6 is 11.6 Å². The minimum atomic E-state index is -0.215. The Morgan fingerprint density at radius 2 is 1.90 bits per heavy atom. The molecule has 2 aromatic carbocycles. The molecule has 3 heterocycles. The first-order chi connectivity index (χ1) is 15.2. The molecule has 0 radical (unpaired) electrons. The van der Waals surface area contributed by atoms with Crippen LogP contribution in [0.2, 0.25) is 5.02 Å². The van der Waals surface area contributed by atoms with Crippen LogP contribution in [-0.4, -0.2) is 44.1 Å². The maximum Gasteiger partial charge on any atom is 0.265 e. The Kier molecular flexibility index (Phi) is 4.93. The number of rotatable bonds is 5. The van der Waals surface area contributed by atoms with Gasteiger partial charge in [-0.1, -0.05) is 35.9 Å². The van der Waals surface area contributed by atoms with Crippen molar-refractivity contribution < 1.29 is 4.74 Å². The van der Waals surface area contributed by atoms with E-state index in [-0.39, 0.29) is 5.56 Å². The Morgan fingerprint density at radius 3 is 2.68 bits per heavy atom. The molecule has 0 saturated carbocycles. The Hall–Kier alpha value is -3.62. The quantitative estimate of drug-likeness (QED) is 0.397. The second-order valence-corrected chi connectivity index (χ2v) is 7.37. The van der Waals surface area contributed by atoms with Crippen molar-refractivity contribution in [3.8, 4) is 0 Å². The van der Waals surface area contributed by atoms with E-state index in [9.17, 15) is 4.79 Å². The molecular weight excluding hydrogens is 416 g/mol. The van der Waals surface area contributed by atoms with Gasteiger partial charge in [0, 0.05) is 12.1 Å². The van der Waals surface area contributed by atoms with Crippen molar-refractivity contribution in [3.05, 3.63) is 75.8 Å². The van der Waals surface area contributed by atoms with Crippen molar-refractivity contribution in [2.45, 2.75) is 6.54 Å². The molecule has 5 rings (SSSR count). The molecule has 0 atom stereocenters. The van der Waals surface area contributed by atoms with E-state index in [0.29, 0.717) is 51.4 Å². The van der Waals surface area contributed by atoms with E-state index in [1.165, 1.54) is 10.9 Å². The van der Waals surface area contributed by atoms with E-state index >= 15 is 0 Å². The number of ether oxygens (including phenoxy) is 1. The lowest BCUT2D eigenvalue weighted by molar-refractivity contribution is 0.186. The lowest BCUT2D eigenvalue weighted by Gasteiger charge is -2.04. The highest BCUT2D eigenvalue weighted by Gasteiger charge is 2.19. The molecule has 0 unspecified atom stereocenters. The van der Waals surface area contributed by atoms with Crippen molar-refractivity contribution in [1.29, 1.82) is 0 Å². The predicted octanol–water partition coefficient (Wildman–Crippen LogP) is 3.48. The molecule has 9 heteroatoms. The molecule has 31 heavy (non-hydrogen) atoms. The van der Waals surface area contributed by atoms with Crippen molar-refractivity contribution in [2.75, 3.05) is 13.7 Å². The van der Waals surface area contributed by atoms with Crippen LogP contribution in [0.5, 0.6) is 0 Å². The highest BCUT2D eigenvalue weighted by molar-refractivity contribution is 6.30. The minimum Gasteiger partial charge on any atom is -0.383 e. The average Bonchev–Trinajstić information content (AvgIpc) is 3.09. The molecule has 8 nitrogen and oxygen atoms in total. The molecule has 0 fully saturated rings. The zero-order chi connectivity index (χ0) is 21.4. The summed E-state index contributed by atoms with van der Waals surface area (Å²) < 4.78 is 8.16. The Bertz CT molecular complexity index is 1520. The maximum atomic E-state index is 13.2. The first kappa shape index (κ1) is 19.3. The van der Waals surface area contributed by atoms with E-state index in [0.717, 1.165) is 5.56 Å². The van der Waals surface area contributed by atoms with Gasteiger partial charge in [-0.05, 0) is 29.8 Å². The molecule has 5 aromatic rings. The fourth-order valence-corrected chi connectivity index (χ4v) is 3.62. The summed E-state index contributed by atoms with van der Waals surface area (Å²) in [6.07, 6.45) is 3.15. The van der Waals surface area contributed by atoms with Crippen molar-refractivity contribution in [2.24, 2.45) is 5.10 Å². The standard InChI is InChI=1S/C22H17ClN6O2/c1-31-10-9-28-13-24-20-18(22(28)30)19-21(27-17-8-3-2-7-16(17)26-19)29(20)25-12-14-5-4-6-15(23)11-14/h2-8,11-13H,9-10H2,1H3/b25-12+. The van der Waals surface area contributed by atoms with Gasteiger partial charge in [0.05, 0.1) is 30.4 Å². The summed E-state index contributed by atoms with van der Waals surface area (Å²) in [5.74, 6) is 0. The van der Waals surface area contributed by atoms with Crippen LogP contribution in [0.4, 0.5) is 0 Å². The third-order valence-electron chi connectivity index (χ3n) is 4.92. The summed E-state index contributed by atoms with van der Waals surface area (Å²) in [4.78, 5) is 27.2. The second kappa shape index (κ2) is 7.90. The molecule has 0 aliphatic heterocycles. The molecule has 0 N–H and O–H groups in total. The van der Waals surface area contributed by atoms with Crippen LogP contribution in [0.25, 0.3) is 33.2 Å². The summed E-state index contributed by atoms with van der Waals surface area (Å²) in [6.45, 7) is 0.783. The summed E-state index contributed by atoms with van der Waals surface area (Å²) in [6, 6.07) is 14.8. The molecule has 0 bridgehead atoms. The summed E-state index contributed by atoms with van der Waals surface area (Å²) in [5.41, 5.74) is 3.30. The van der Waals surface area contributed by atoms with Crippen LogP contribution in [0.15, 0.2) is 64.8 Å². The number of aromatic nitrogens is 5. The molecule has 3 aromatic heterocycles. The summed E-state index contributed by atoms with van der Waals surface area (Å²) in [7, 11) is 1.59. The van der Waals surface area contributed by atoms with Gasteiger partial charge in [0.15, 0.2) is 11.3 Å². The number of para-hydroxylation sites is 2. The largest absolute Gasteiger partial charge is 0.383 e. The SMILES string of the molecule is COCCn1cnc2c(c1=O)c1nc3ccccc3nc1n2/N=C/c1cccc(Cl)c1. The number of methoxy groups -OCH3 is 1. The smallest absolute Gasteiger partial charge is 0.265 e. The van der Waals surface area contributed by atoms with Crippen LogP contribution in [0.1, 0.15) is 5.56 Å². The van der Waals surface area contributed by atoms with E-state index in [1.807, 2.05) is 36.4 Å². The van der Waals surface area contributed by atoms with Gasteiger partial charge in [-0.25, -0.2) is 15.0 Å². The Balaban J connectivity index is 1.80. The number of hydrogen-bond donors (Lipinski definition) is 0. The highest BCUT2D eigenvalue weighted by atomic mass is 35.5. The lowest BCUT2D eigenvalue weighted by Crippen LogP contribution is -2.22. The lowest BCUT2D eigenvalue weighted by atomic mass is 10.2. The first-order valence-electron chi connectivity index (χ1n) is 9.61. The van der Waals surface area contributed by atoms with Gasteiger partial charge in [0.1, 0.15) is 17.2 Å². The zero-order valence-corrected chi connectivity index (χ0v) is 17.3. The second-order valence-electron chi connectivity index (χ2n) is 6.93. The molecule has 0 spiro atoms. The molecule has 0 aliphatic rings. The Labute approximate surface area is 181 Å². The normalized spacial score (nSPS) is 11.9. The number of hydrogen-bond acceptors (Lipinski definition) is 6. The van der Waals surface area contributed by atoms with Gasteiger partial charge in [-0.2, -0.15) is 9.78 Å². The van der Waals surface area contributed by atoms with Crippen LogP contribution in [0, 0.1) is 0 Å². The van der Waals surface area contributed by atoms with Gasteiger partial charge in [0.2, 0.25) is 0 Å². The number of fused-ring (bicyclic) bond motifs is 4. The highest BCUT2D eigenvalue weighted by Crippen LogP contribution is 2.24. The molecule has 0 saturated heterocycles. The fraction of sp³-hybridized carbons (Fsp3) is 0.136. The van der Waals surface area contributed by atoms with Crippen molar-refractivity contribution in [1.82, 2.24) is 24.2 Å². The predicted molar refractivity (Wildman–Crippen MR) is 121 cm³/mol. The van der Waals surface area contributed by atoms with Crippen LogP contribution in [0.3, 0.4) is 0 Å². The molecule has 0 amide bonds. The van der Waals surface area contributed by atoms with Gasteiger partial charge >= 0.3 is 0 Å². The minimum absolute atomic E-state index is 0.215. The van der Waals surface area contributed by atoms with Gasteiger partial charge in [0.25, 0.3) is 5.56 Å². The van der Waals surface area contributed by atoms with Crippen LogP contribution < -0.4 is 5.56 Å². The third kappa shape index (κ3) is 3.45. The van der Waals surface area contributed by atoms with Crippen molar-refractivity contribution in [3.63, 3.8) is 0 Å². The van der Waals surface area contributed by atoms with Gasteiger partial charge in [-0.3, -0.25) is 9.36 Å². The zero-order valence-electron chi connectivity index (χ0n) is 16.6. The van der Waals surface area contributed by atoms with E-state index < -0.39 is 0 Å². The number of benzene rings is 2. The number of halogens is 1. The third-order valence-corrected chi connectivity index (χ3v) is 5.15. The summed E-state index contributed by atoms with van der Waals surface area (Å²) >= 11 is 6.08. The topological polar surface area (TPSA) is 87.2 Å². The Morgan fingerprint density at radius 1 is 1.10 bits per heavy atom. The van der Waals surface area contributed by atoms with E-state index in [1.54, 1.807) is 30.1 Å². The average molecular weight is 433 g/mol. The van der Waals surface area contributed by atoms with Gasteiger partial charge < -0.3 is 4.74 Å². The number of nitrogens with zero attached hydrogens (tertiary/aromatic N) is 6. The fourth-order valence-electron chi connectivity index (χ4n) is 3.42. The molecular formula is C22H17ClN6O2. The maximum absolute atomic E-state index is 13.2. The summed E-state index contributed by atoms with van der Waals surface area (Å²) in [5, 5.41) is 5.55.